The van der Waals surface area contributed by atoms with Gasteiger partial charge in [0.1, 0.15) is 0 Å². The molecule has 3 aromatic rings. The van der Waals surface area contributed by atoms with E-state index in [2.05, 4.69) is 20.7 Å². The second-order valence-corrected chi connectivity index (χ2v) is 6.49. The van der Waals surface area contributed by atoms with E-state index in [0.717, 1.165) is 19.2 Å². The first kappa shape index (κ1) is 22.0. The zero-order valence-electron chi connectivity index (χ0n) is 16.8. The number of hydrogen-bond acceptors (Lipinski definition) is 6. The summed E-state index contributed by atoms with van der Waals surface area (Å²) in [6, 6.07) is 18.0. The molecule has 0 bridgehead atoms. The van der Waals surface area contributed by atoms with Crippen molar-refractivity contribution in [2.45, 2.75) is 0 Å². The van der Waals surface area contributed by atoms with E-state index in [1.165, 1.54) is 6.07 Å². The van der Waals surface area contributed by atoms with Crippen LogP contribution in [-0.2, 0) is 4.74 Å². The highest BCUT2D eigenvalue weighted by atomic mass is 16.6. The minimum absolute atomic E-state index is 0.0796. The van der Waals surface area contributed by atoms with Crippen LogP contribution >= 0.6 is 0 Å². The Morgan fingerprint density at radius 1 is 0.781 bits per heavy atom. The average Bonchev–Trinajstić information content (AvgIpc) is 2.80. The van der Waals surface area contributed by atoms with Crippen molar-refractivity contribution >= 4 is 40.7 Å². The van der Waals surface area contributed by atoms with Crippen LogP contribution in [0.3, 0.4) is 0 Å². The van der Waals surface area contributed by atoms with Gasteiger partial charge in [-0.05, 0) is 42.5 Å². The Morgan fingerprint density at radius 2 is 1.31 bits per heavy atom. The maximum absolute atomic E-state index is 12.6. The van der Waals surface area contributed by atoms with E-state index in [4.69, 9.17) is 0 Å². The Labute approximate surface area is 182 Å². The molecule has 162 valence electrons. The molecule has 3 aromatic carbocycles. The zero-order chi connectivity index (χ0) is 23.1. The molecule has 0 radical (unpaired) electrons. The van der Waals surface area contributed by atoms with Crippen LogP contribution in [0.4, 0.5) is 27.5 Å². The molecule has 0 heterocycles. The number of nitro groups is 1. The van der Waals surface area contributed by atoms with Crippen LogP contribution in [0.2, 0.25) is 0 Å². The van der Waals surface area contributed by atoms with Crippen LogP contribution in [0, 0.1) is 10.1 Å². The number of nitro benzene ring substituents is 1. The number of carbonyl (C=O) groups excluding carboxylic acids is 3. The largest absolute Gasteiger partial charge is 0.465 e. The predicted molar refractivity (Wildman–Crippen MR) is 118 cm³/mol. The molecule has 0 unspecified atom stereocenters. The molecule has 32 heavy (non-hydrogen) atoms. The zero-order valence-corrected chi connectivity index (χ0v) is 16.8. The molecule has 0 aliphatic carbocycles. The number of carbonyl (C=O) groups is 3. The molecule has 3 rings (SSSR count). The molecule has 3 N–H and O–H groups in total. The molecule has 0 saturated heterocycles. The van der Waals surface area contributed by atoms with Gasteiger partial charge in [0.15, 0.2) is 0 Å². The Bertz CT molecular complexity index is 1160. The summed E-state index contributed by atoms with van der Waals surface area (Å²) in [6.07, 6.45) is 0. The minimum atomic E-state index is -0.799. The highest BCUT2D eigenvalue weighted by Crippen LogP contribution is 2.20. The molecule has 10 nitrogen and oxygen atoms in total. The number of anilines is 3. The number of methoxy groups -OCH3 is 1. The van der Waals surface area contributed by atoms with Gasteiger partial charge in [0, 0.05) is 34.8 Å². The lowest BCUT2D eigenvalue weighted by atomic mass is 10.1. The highest BCUT2D eigenvalue weighted by molar-refractivity contribution is 6.06. The number of non-ortho nitro benzene ring substituents is 1. The van der Waals surface area contributed by atoms with Gasteiger partial charge in [-0.1, -0.05) is 18.2 Å². The Balaban J connectivity index is 1.68. The van der Waals surface area contributed by atoms with Crippen LogP contribution in [0.1, 0.15) is 20.7 Å². The van der Waals surface area contributed by atoms with E-state index in [1.807, 2.05) is 6.07 Å². The van der Waals surface area contributed by atoms with Crippen LogP contribution in [0.5, 0.6) is 0 Å². The molecule has 10 heteroatoms. The first-order valence-corrected chi connectivity index (χ1v) is 9.28. The summed E-state index contributed by atoms with van der Waals surface area (Å²) in [7, 11) is 1.14. The molecule has 3 amide bonds. The molecule has 0 fully saturated rings. The van der Waals surface area contributed by atoms with Crippen molar-refractivity contribution in [1.29, 1.82) is 0 Å². The molecule has 0 spiro atoms. The van der Waals surface area contributed by atoms with E-state index in [-0.39, 0.29) is 11.1 Å². The van der Waals surface area contributed by atoms with Gasteiger partial charge in [-0.3, -0.25) is 14.9 Å². The summed E-state index contributed by atoms with van der Waals surface area (Å²) in [4.78, 5) is 46.8. The van der Waals surface area contributed by atoms with Crippen LogP contribution in [0.15, 0.2) is 72.8 Å². The molecule has 0 aliphatic heterocycles. The van der Waals surface area contributed by atoms with Crippen molar-refractivity contribution in [3.8, 4) is 0 Å². The number of rotatable bonds is 6. The first-order chi connectivity index (χ1) is 15.4. The van der Waals surface area contributed by atoms with Gasteiger partial charge in [0.25, 0.3) is 11.6 Å². The summed E-state index contributed by atoms with van der Waals surface area (Å²) in [5.41, 5.74) is 0.897. The van der Waals surface area contributed by atoms with Crippen LogP contribution in [-0.4, -0.2) is 29.9 Å². The van der Waals surface area contributed by atoms with Crippen molar-refractivity contribution in [3.63, 3.8) is 0 Å². The van der Waals surface area contributed by atoms with Crippen molar-refractivity contribution in [3.05, 3.63) is 94.0 Å². The number of para-hydroxylation sites is 1. The third kappa shape index (κ3) is 5.66. The molecule has 0 saturated carbocycles. The standard InChI is InChI=1S/C22H18N4O6/c1-32-21(28)15-11-14(12-19(13-15)26(30)31)20(27)23-17-7-9-18(10-8-17)25-22(29)24-16-5-3-2-4-6-16/h2-13H,1H3,(H,23,27)(H2,24,25,29). The number of esters is 1. The van der Waals surface area contributed by atoms with Gasteiger partial charge in [0.2, 0.25) is 0 Å². The molecule has 0 aromatic heterocycles. The summed E-state index contributed by atoms with van der Waals surface area (Å²) in [5.74, 6) is -1.45. The number of benzene rings is 3. The number of nitrogens with zero attached hydrogens (tertiary/aromatic N) is 1. The number of ether oxygens (including phenoxy) is 1. The normalized spacial score (nSPS) is 10.0. The van der Waals surface area contributed by atoms with Crippen molar-refractivity contribution in [1.82, 2.24) is 0 Å². The maximum Gasteiger partial charge on any atom is 0.338 e. The number of urea groups is 1. The number of nitrogens with one attached hydrogen (secondary N) is 3. The fourth-order valence-electron chi connectivity index (χ4n) is 2.74. The molecule has 0 atom stereocenters. The quantitative estimate of drug-likeness (QED) is 0.301. The number of amides is 3. The SMILES string of the molecule is COC(=O)c1cc(C(=O)Nc2ccc(NC(=O)Nc3ccccc3)cc2)cc([N+](=O)[O-])c1. The summed E-state index contributed by atoms with van der Waals surface area (Å²) in [6.45, 7) is 0. The lowest BCUT2D eigenvalue weighted by Crippen LogP contribution is -2.19. The smallest absolute Gasteiger partial charge is 0.338 e. The minimum Gasteiger partial charge on any atom is -0.465 e. The van der Waals surface area contributed by atoms with Gasteiger partial charge in [-0.2, -0.15) is 0 Å². The van der Waals surface area contributed by atoms with Crippen molar-refractivity contribution in [2.24, 2.45) is 0 Å². The van der Waals surface area contributed by atoms with Crippen molar-refractivity contribution < 1.29 is 24.0 Å². The Morgan fingerprint density at radius 3 is 1.88 bits per heavy atom. The van der Waals surface area contributed by atoms with Gasteiger partial charge >= 0.3 is 12.0 Å². The number of hydrogen-bond donors (Lipinski definition) is 3. The summed E-state index contributed by atoms with van der Waals surface area (Å²) in [5, 5.41) is 19.0. The second-order valence-electron chi connectivity index (χ2n) is 6.49. The van der Waals surface area contributed by atoms with Gasteiger partial charge in [-0.25, -0.2) is 9.59 Å². The maximum atomic E-state index is 12.6. The van der Waals surface area contributed by atoms with Gasteiger partial charge in [0.05, 0.1) is 17.6 Å². The molecular formula is C22H18N4O6. The highest BCUT2D eigenvalue weighted by Gasteiger charge is 2.18. The lowest BCUT2D eigenvalue weighted by molar-refractivity contribution is -0.384. The van der Waals surface area contributed by atoms with E-state index in [0.29, 0.717) is 17.1 Å². The predicted octanol–water partition coefficient (Wildman–Crippen LogP) is 4.28. The first-order valence-electron chi connectivity index (χ1n) is 9.28. The average molecular weight is 434 g/mol. The van der Waals surface area contributed by atoms with Crippen LogP contribution < -0.4 is 16.0 Å². The van der Waals surface area contributed by atoms with Crippen LogP contribution in [0.25, 0.3) is 0 Å². The fourth-order valence-corrected chi connectivity index (χ4v) is 2.74. The van der Waals surface area contributed by atoms with Gasteiger partial charge < -0.3 is 20.7 Å². The van der Waals surface area contributed by atoms with Gasteiger partial charge in [-0.15, -0.1) is 0 Å². The van der Waals surface area contributed by atoms with Crippen molar-refractivity contribution in [2.75, 3.05) is 23.1 Å². The second kappa shape index (κ2) is 9.85. The van der Waals surface area contributed by atoms with E-state index >= 15 is 0 Å². The molecule has 0 aliphatic rings. The van der Waals surface area contributed by atoms with E-state index in [1.54, 1.807) is 48.5 Å². The molecular weight excluding hydrogens is 416 g/mol. The lowest BCUT2D eigenvalue weighted by Gasteiger charge is -2.10. The van der Waals surface area contributed by atoms with E-state index < -0.39 is 28.5 Å². The third-order valence-electron chi connectivity index (χ3n) is 4.24. The third-order valence-corrected chi connectivity index (χ3v) is 4.24. The van der Waals surface area contributed by atoms with E-state index in [9.17, 15) is 24.5 Å². The topological polar surface area (TPSA) is 140 Å². The summed E-state index contributed by atoms with van der Waals surface area (Å²) >= 11 is 0. The monoisotopic (exact) mass is 434 g/mol. The Hall–Kier alpha value is -4.73. The fraction of sp³-hybridized carbons (Fsp3) is 0.0455. The summed E-state index contributed by atoms with van der Waals surface area (Å²) < 4.78 is 4.57. The Kier molecular flexibility index (Phi) is 6.76.